The molecule has 154 valence electrons. The Morgan fingerprint density at radius 3 is 2.52 bits per heavy atom. The quantitative estimate of drug-likeness (QED) is 0.683. The van der Waals surface area contributed by atoms with Crippen LogP contribution < -0.4 is 15.5 Å². The number of carbonyl (C=O) groups excluding carboxylic acids is 2. The molecule has 3 rings (SSSR count). The number of hydrogen-bond donors (Lipinski definition) is 2. The van der Waals surface area contributed by atoms with Crippen LogP contribution in [-0.4, -0.2) is 31.4 Å². The smallest absolute Gasteiger partial charge is 0.309 e. The molecule has 0 bridgehead atoms. The first-order chi connectivity index (χ1) is 14.1. The standard InChI is InChI=1S/C23H28ClN3O2/c1-2-13-27-14-3-4-19-15-17(7-10-21(19)27)11-12-25-22(28)23(29)26-16-18-5-8-20(24)9-6-18/h5-10,15H,2-4,11-14,16H2,1H3,(H,25,28)(H,26,29). The third-order valence-corrected chi connectivity index (χ3v) is 5.38. The van der Waals surface area contributed by atoms with E-state index in [-0.39, 0.29) is 0 Å². The number of hydrogen-bond acceptors (Lipinski definition) is 3. The molecular weight excluding hydrogens is 386 g/mol. The minimum Gasteiger partial charge on any atom is -0.371 e. The number of rotatable bonds is 7. The van der Waals surface area contributed by atoms with E-state index in [2.05, 4.69) is 40.7 Å². The molecule has 0 radical (unpaired) electrons. The maximum absolute atomic E-state index is 12.0. The van der Waals surface area contributed by atoms with Gasteiger partial charge in [-0.2, -0.15) is 0 Å². The lowest BCUT2D eigenvalue weighted by atomic mass is 9.98. The van der Waals surface area contributed by atoms with Crippen molar-refractivity contribution in [3.63, 3.8) is 0 Å². The second-order valence-corrected chi connectivity index (χ2v) is 7.81. The average molecular weight is 414 g/mol. The van der Waals surface area contributed by atoms with Crippen LogP contribution in [0.15, 0.2) is 42.5 Å². The van der Waals surface area contributed by atoms with Crippen molar-refractivity contribution >= 4 is 29.1 Å². The van der Waals surface area contributed by atoms with Gasteiger partial charge < -0.3 is 15.5 Å². The molecule has 5 nitrogen and oxygen atoms in total. The lowest BCUT2D eigenvalue weighted by molar-refractivity contribution is -0.139. The van der Waals surface area contributed by atoms with E-state index < -0.39 is 11.8 Å². The predicted octanol–water partition coefficient (Wildman–Crippen LogP) is 3.48. The minimum atomic E-state index is -0.624. The molecule has 29 heavy (non-hydrogen) atoms. The summed E-state index contributed by atoms with van der Waals surface area (Å²) < 4.78 is 0. The van der Waals surface area contributed by atoms with Crippen LogP contribution in [0.4, 0.5) is 5.69 Å². The summed E-state index contributed by atoms with van der Waals surface area (Å²) in [7, 11) is 0. The van der Waals surface area contributed by atoms with Crippen molar-refractivity contribution in [3.8, 4) is 0 Å². The highest BCUT2D eigenvalue weighted by Gasteiger charge is 2.17. The second kappa shape index (κ2) is 10.3. The zero-order valence-electron chi connectivity index (χ0n) is 16.8. The fourth-order valence-electron chi connectivity index (χ4n) is 3.65. The molecule has 0 saturated heterocycles. The molecule has 0 aromatic heterocycles. The van der Waals surface area contributed by atoms with Crippen LogP contribution in [0, 0.1) is 0 Å². The van der Waals surface area contributed by atoms with Crippen molar-refractivity contribution in [1.82, 2.24) is 10.6 Å². The Kier molecular flexibility index (Phi) is 7.53. The van der Waals surface area contributed by atoms with Gasteiger partial charge in [0.1, 0.15) is 0 Å². The summed E-state index contributed by atoms with van der Waals surface area (Å²) in [6.07, 6.45) is 4.13. The fraction of sp³-hybridized carbons (Fsp3) is 0.391. The lowest BCUT2D eigenvalue weighted by Crippen LogP contribution is -2.40. The highest BCUT2D eigenvalue weighted by atomic mass is 35.5. The molecule has 6 heteroatoms. The number of nitrogens with zero attached hydrogens (tertiary/aromatic N) is 1. The Hall–Kier alpha value is -2.53. The Bertz CT molecular complexity index is 852. The van der Waals surface area contributed by atoms with Crippen molar-refractivity contribution in [2.24, 2.45) is 0 Å². The number of halogens is 1. The lowest BCUT2D eigenvalue weighted by Gasteiger charge is -2.31. The summed E-state index contributed by atoms with van der Waals surface area (Å²) in [4.78, 5) is 26.4. The summed E-state index contributed by atoms with van der Waals surface area (Å²) in [6.45, 7) is 5.15. The summed E-state index contributed by atoms with van der Waals surface area (Å²) in [5.74, 6) is -1.23. The van der Waals surface area contributed by atoms with Gasteiger partial charge in [-0.3, -0.25) is 9.59 Å². The monoisotopic (exact) mass is 413 g/mol. The van der Waals surface area contributed by atoms with Gasteiger partial charge in [0.05, 0.1) is 0 Å². The van der Waals surface area contributed by atoms with Crippen molar-refractivity contribution in [1.29, 1.82) is 0 Å². The van der Waals surface area contributed by atoms with Crippen LogP contribution in [0.5, 0.6) is 0 Å². The van der Waals surface area contributed by atoms with Gasteiger partial charge in [-0.05, 0) is 60.6 Å². The fourth-order valence-corrected chi connectivity index (χ4v) is 3.78. The molecule has 0 aliphatic carbocycles. The third kappa shape index (κ3) is 5.97. The molecule has 0 saturated carbocycles. The molecule has 0 fully saturated rings. The first-order valence-electron chi connectivity index (χ1n) is 10.2. The van der Waals surface area contributed by atoms with Crippen LogP contribution in [0.2, 0.25) is 5.02 Å². The molecule has 2 N–H and O–H groups in total. The second-order valence-electron chi connectivity index (χ2n) is 7.37. The number of benzene rings is 2. The highest BCUT2D eigenvalue weighted by molar-refractivity contribution is 6.35. The molecule has 2 amide bonds. The van der Waals surface area contributed by atoms with E-state index in [0.29, 0.717) is 24.5 Å². The first-order valence-corrected chi connectivity index (χ1v) is 10.6. The SMILES string of the molecule is CCCN1CCCc2cc(CCNC(=O)C(=O)NCc3ccc(Cl)cc3)ccc21. The van der Waals surface area contributed by atoms with E-state index in [1.807, 2.05) is 12.1 Å². The van der Waals surface area contributed by atoms with Crippen molar-refractivity contribution < 1.29 is 9.59 Å². The van der Waals surface area contributed by atoms with Gasteiger partial charge in [0.25, 0.3) is 0 Å². The summed E-state index contributed by atoms with van der Waals surface area (Å²) in [6, 6.07) is 13.7. The van der Waals surface area contributed by atoms with Crippen LogP contribution in [-0.2, 0) is 29.0 Å². The summed E-state index contributed by atoms with van der Waals surface area (Å²) >= 11 is 5.84. The predicted molar refractivity (Wildman–Crippen MR) is 117 cm³/mol. The molecule has 0 unspecified atom stereocenters. The van der Waals surface area contributed by atoms with Gasteiger partial charge >= 0.3 is 11.8 Å². The molecule has 2 aromatic carbocycles. The number of amides is 2. The van der Waals surface area contributed by atoms with Crippen LogP contribution in [0.1, 0.15) is 36.5 Å². The summed E-state index contributed by atoms with van der Waals surface area (Å²) in [5, 5.41) is 5.97. The van der Waals surface area contributed by atoms with Crippen LogP contribution in [0.3, 0.4) is 0 Å². The van der Waals surface area contributed by atoms with Gasteiger partial charge in [-0.15, -0.1) is 0 Å². The average Bonchev–Trinajstić information content (AvgIpc) is 2.73. The maximum atomic E-state index is 12.0. The first kappa shape index (κ1) is 21.2. The van der Waals surface area contributed by atoms with E-state index >= 15 is 0 Å². The Morgan fingerprint density at radius 1 is 1.03 bits per heavy atom. The number of aryl methyl sites for hydroxylation is 1. The van der Waals surface area contributed by atoms with E-state index in [4.69, 9.17) is 11.6 Å². The number of nitrogens with one attached hydrogen (secondary N) is 2. The number of fused-ring (bicyclic) bond motifs is 1. The van der Waals surface area contributed by atoms with E-state index in [1.54, 1.807) is 12.1 Å². The van der Waals surface area contributed by atoms with Crippen molar-refractivity contribution in [2.45, 2.75) is 39.2 Å². The van der Waals surface area contributed by atoms with Gasteiger partial charge in [0.2, 0.25) is 0 Å². The number of anilines is 1. The zero-order chi connectivity index (χ0) is 20.6. The topological polar surface area (TPSA) is 61.4 Å². The highest BCUT2D eigenvalue weighted by Crippen LogP contribution is 2.28. The summed E-state index contributed by atoms with van der Waals surface area (Å²) in [5.41, 5.74) is 4.80. The normalized spacial score (nSPS) is 13.0. The van der Waals surface area contributed by atoms with E-state index in [9.17, 15) is 9.59 Å². The van der Waals surface area contributed by atoms with Crippen molar-refractivity contribution in [3.05, 3.63) is 64.2 Å². The van der Waals surface area contributed by atoms with E-state index in [0.717, 1.165) is 31.5 Å². The molecule has 1 aliphatic heterocycles. The Morgan fingerprint density at radius 2 is 1.76 bits per heavy atom. The molecular formula is C23H28ClN3O2. The molecule has 1 aliphatic rings. The molecule has 0 atom stereocenters. The zero-order valence-corrected chi connectivity index (χ0v) is 17.6. The minimum absolute atomic E-state index is 0.294. The largest absolute Gasteiger partial charge is 0.371 e. The maximum Gasteiger partial charge on any atom is 0.309 e. The Labute approximate surface area is 177 Å². The van der Waals surface area contributed by atoms with Crippen LogP contribution in [0.25, 0.3) is 0 Å². The molecule has 2 aromatic rings. The van der Waals surface area contributed by atoms with Gasteiger partial charge in [0.15, 0.2) is 0 Å². The van der Waals surface area contributed by atoms with Crippen molar-refractivity contribution in [2.75, 3.05) is 24.5 Å². The third-order valence-electron chi connectivity index (χ3n) is 5.12. The van der Waals surface area contributed by atoms with Gasteiger partial charge in [0, 0.05) is 36.9 Å². The van der Waals surface area contributed by atoms with Gasteiger partial charge in [-0.25, -0.2) is 0 Å². The molecule has 0 spiro atoms. The van der Waals surface area contributed by atoms with Gasteiger partial charge in [-0.1, -0.05) is 42.8 Å². The molecule has 1 heterocycles. The van der Waals surface area contributed by atoms with E-state index in [1.165, 1.54) is 23.2 Å². The van der Waals surface area contributed by atoms with Crippen LogP contribution >= 0.6 is 11.6 Å². The Balaban J connectivity index is 1.45. The number of carbonyl (C=O) groups is 2.